The molecule has 22 heavy (non-hydrogen) atoms. The van der Waals surface area contributed by atoms with Crippen LogP contribution < -0.4 is 5.32 Å². The minimum atomic E-state index is -0.297. The molecule has 0 aliphatic carbocycles. The summed E-state index contributed by atoms with van der Waals surface area (Å²) in [6.07, 6.45) is 0. The number of hydrogen-bond acceptors (Lipinski definition) is 3. The molecule has 1 amide bonds. The third kappa shape index (κ3) is 3.18. The van der Waals surface area contributed by atoms with E-state index in [2.05, 4.69) is 10.5 Å². The van der Waals surface area contributed by atoms with Crippen molar-refractivity contribution in [1.82, 2.24) is 5.16 Å². The molecule has 1 aromatic heterocycles. The van der Waals surface area contributed by atoms with Crippen molar-refractivity contribution < 1.29 is 9.32 Å². The lowest BCUT2D eigenvalue weighted by Crippen LogP contribution is -2.11. The van der Waals surface area contributed by atoms with Crippen molar-refractivity contribution >= 4 is 23.4 Å². The molecule has 0 aliphatic heterocycles. The molecule has 0 saturated carbocycles. The van der Waals surface area contributed by atoms with E-state index in [9.17, 15) is 4.79 Å². The number of nitrogens with one attached hydrogen (secondary N) is 1. The molecule has 0 saturated heterocycles. The summed E-state index contributed by atoms with van der Waals surface area (Å²) in [7, 11) is 0. The van der Waals surface area contributed by atoms with Gasteiger partial charge in [0, 0.05) is 22.2 Å². The van der Waals surface area contributed by atoms with Crippen LogP contribution in [0.4, 0.5) is 5.88 Å². The Labute approximate surface area is 132 Å². The van der Waals surface area contributed by atoms with Gasteiger partial charge in [0.2, 0.25) is 5.88 Å². The molecule has 0 bridgehead atoms. The molecule has 4 nitrogen and oxygen atoms in total. The predicted molar refractivity (Wildman–Crippen MR) is 86.1 cm³/mol. The highest BCUT2D eigenvalue weighted by Gasteiger charge is 2.11. The lowest BCUT2D eigenvalue weighted by molar-refractivity contribution is 0.102. The zero-order valence-corrected chi connectivity index (χ0v) is 12.6. The number of anilines is 1. The first-order valence-electron chi connectivity index (χ1n) is 6.72. The second kappa shape index (κ2) is 6.03. The van der Waals surface area contributed by atoms with Gasteiger partial charge in [-0.25, -0.2) is 0 Å². The lowest BCUT2D eigenvalue weighted by atomic mass is 10.1. The van der Waals surface area contributed by atoms with E-state index in [1.165, 1.54) is 5.56 Å². The second-order valence-electron chi connectivity index (χ2n) is 4.91. The largest absolute Gasteiger partial charge is 0.338 e. The standard InChI is InChI=1S/C17H13ClN2O2/c1-11-5-7-12(8-6-11)15-10-16(22-20-15)19-17(21)13-3-2-4-14(18)9-13/h2-10H,1H3,(H,19,21). The zero-order chi connectivity index (χ0) is 15.5. The number of benzene rings is 2. The second-order valence-corrected chi connectivity index (χ2v) is 5.34. The molecule has 5 heteroatoms. The molecule has 1 N–H and O–H groups in total. The van der Waals surface area contributed by atoms with E-state index >= 15 is 0 Å². The minimum Gasteiger partial charge on any atom is -0.338 e. The van der Waals surface area contributed by atoms with Gasteiger partial charge >= 0.3 is 0 Å². The van der Waals surface area contributed by atoms with Crippen LogP contribution in [-0.2, 0) is 0 Å². The van der Waals surface area contributed by atoms with E-state index in [1.807, 2.05) is 31.2 Å². The summed E-state index contributed by atoms with van der Waals surface area (Å²) in [5.41, 5.74) is 3.22. The van der Waals surface area contributed by atoms with Gasteiger partial charge in [-0.2, -0.15) is 0 Å². The molecular formula is C17H13ClN2O2. The van der Waals surface area contributed by atoms with Crippen molar-refractivity contribution in [2.24, 2.45) is 0 Å². The Morgan fingerprint density at radius 1 is 1.14 bits per heavy atom. The summed E-state index contributed by atoms with van der Waals surface area (Å²) in [5.74, 6) is -0.00495. The molecule has 0 unspecified atom stereocenters. The van der Waals surface area contributed by atoms with Gasteiger partial charge in [0.25, 0.3) is 5.91 Å². The van der Waals surface area contributed by atoms with Gasteiger partial charge in [0.05, 0.1) is 0 Å². The Hall–Kier alpha value is -2.59. The van der Waals surface area contributed by atoms with E-state index in [0.29, 0.717) is 22.2 Å². The summed E-state index contributed by atoms with van der Waals surface area (Å²) in [6, 6.07) is 16.3. The summed E-state index contributed by atoms with van der Waals surface area (Å²) < 4.78 is 5.16. The molecule has 110 valence electrons. The fourth-order valence-corrected chi connectivity index (χ4v) is 2.20. The number of aromatic nitrogens is 1. The summed E-state index contributed by atoms with van der Waals surface area (Å²) in [5, 5.41) is 7.13. The fraction of sp³-hybridized carbons (Fsp3) is 0.0588. The summed E-state index contributed by atoms with van der Waals surface area (Å²) in [4.78, 5) is 12.1. The van der Waals surface area contributed by atoms with Crippen LogP contribution in [0, 0.1) is 6.92 Å². The molecule has 0 atom stereocenters. The predicted octanol–water partition coefficient (Wildman–Crippen LogP) is 4.56. The molecule has 3 aromatic rings. The smallest absolute Gasteiger partial charge is 0.258 e. The number of halogens is 1. The third-order valence-corrected chi connectivity index (χ3v) is 3.42. The van der Waals surface area contributed by atoms with Crippen molar-refractivity contribution in [3.05, 3.63) is 70.7 Å². The van der Waals surface area contributed by atoms with Crippen LogP contribution in [0.1, 0.15) is 15.9 Å². The van der Waals surface area contributed by atoms with E-state index in [0.717, 1.165) is 5.56 Å². The number of carbonyl (C=O) groups excluding carboxylic acids is 1. The van der Waals surface area contributed by atoms with Crippen molar-refractivity contribution in [2.45, 2.75) is 6.92 Å². The van der Waals surface area contributed by atoms with Crippen LogP contribution in [0.3, 0.4) is 0 Å². The first-order valence-corrected chi connectivity index (χ1v) is 7.10. The molecule has 3 rings (SSSR count). The maximum atomic E-state index is 12.1. The Morgan fingerprint density at radius 2 is 1.91 bits per heavy atom. The van der Waals surface area contributed by atoms with Crippen LogP contribution in [0.15, 0.2) is 59.1 Å². The third-order valence-electron chi connectivity index (χ3n) is 3.18. The summed E-state index contributed by atoms with van der Waals surface area (Å²) >= 11 is 5.87. The quantitative estimate of drug-likeness (QED) is 0.771. The maximum Gasteiger partial charge on any atom is 0.258 e. The van der Waals surface area contributed by atoms with Crippen LogP contribution in [0.5, 0.6) is 0 Å². The Kier molecular flexibility index (Phi) is 3.94. The van der Waals surface area contributed by atoms with Gasteiger partial charge in [0.15, 0.2) is 0 Å². The molecular weight excluding hydrogens is 300 g/mol. The average Bonchev–Trinajstić information content (AvgIpc) is 2.96. The number of aryl methyl sites for hydroxylation is 1. The van der Waals surface area contributed by atoms with E-state index in [-0.39, 0.29) is 5.91 Å². The number of hydrogen-bond donors (Lipinski definition) is 1. The highest BCUT2D eigenvalue weighted by atomic mass is 35.5. The van der Waals surface area contributed by atoms with E-state index < -0.39 is 0 Å². The number of rotatable bonds is 3. The molecule has 1 heterocycles. The van der Waals surface area contributed by atoms with Crippen molar-refractivity contribution in [1.29, 1.82) is 0 Å². The normalized spacial score (nSPS) is 10.5. The maximum absolute atomic E-state index is 12.1. The molecule has 0 radical (unpaired) electrons. The number of nitrogens with zero attached hydrogens (tertiary/aromatic N) is 1. The van der Waals surface area contributed by atoms with Crippen molar-refractivity contribution in [2.75, 3.05) is 5.32 Å². The highest BCUT2D eigenvalue weighted by molar-refractivity contribution is 6.31. The fourth-order valence-electron chi connectivity index (χ4n) is 2.01. The van der Waals surface area contributed by atoms with Crippen LogP contribution in [-0.4, -0.2) is 11.1 Å². The van der Waals surface area contributed by atoms with E-state index in [1.54, 1.807) is 30.3 Å². The van der Waals surface area contributed by atoms with Gasteiger partial charge in [-0.1, -0.05) is 52.7 Å². The van der Waals surface area contributed by atoms with Gasteiger partial charge in [-0.3, -0.25) is 10.1 Å². The SMILES string of the molecule is Cc1ccc(-c2cc(NC(=O)c3cccc(Cl)c3)on2)cc1. The monoisotopic (exact) mass is 312 g/mol. The van der Waals surface area contributed by atoms with Gasteiger partial charge in [-0.05, 0) is 25.1 Å². The first kappa shape index (κ1) is 14.4. The highest BCUT2D eigenvalue weighted by Crippen LogP contribution is 2.22. The Bertz CT molecular complexity index is 810. The average molecular weight is 313 g/mol. The zero-order valence-electron chi connectivity index (χ0n) is 11.8. The Balaban J connectivity index is 1.77. The van der Waals surface area contributed by atoms with Crippen LogP contribution >= 0.6 is 11.6 Å². The topological polar surface area (TPSA) is 55.1 Å². The van der Waals surface area contributed by atoms with Crippen LogP contribution in [0.25, 0.3) is 11.3 Å². The molecule has 0 spiro atoms. The van der Waals surface area contributed by atoms with Crippen molar-refractivity contribution in [3.63, 3.8) is 0 Å². The number of amides is 1. The van der Waals surface area contributed by atoms with E-state index in [4.69, 9.17) is 16.1 Å². The van der Waals surface area contributed by atoms with Gasteiger partial charge in [0.1, 0.15) is 5.69 Å². The molecule has 0 fully saturated rings. The van der Waals surface area contributed by atoms with Crippen molar-refractivity contribution in [3.8, 4) is 11.3 Å². The molecule has 0 aliphatic rings. The van der Waals surface area contributed by atoms with Gasteiger partial charge < -0.3 is 4.52 Å². The summed E-state index contributed by atoms with van der Waals surface area (Å²) in [6.45, 7) is 2.02. The molecule has 2 aromatic carbocycles. The number of carbonyl (C=O) groups is 1. The minimum absolute atomic E-state index is 0.292. The van der Waals surface area contributed by atoms with Gasteiger partial charge in [-0.15, -0.1) is 0 Å². The first-order chi connectivity index (χ1) is 10.6. The lowest BCUT2D eigenvalue weighted by Gasteiger charge is -2.01. The Morgan fingerprint density at radius 3 is 2.64 bits per heavy atom. The van der Waals surface area contributed by atoms with Crippen LogP contribution in [0.2, 0.25) is 5.02 Å².